The number of aryl methyl sites for hydroxylation is 1. The molecule has 0 radical (unpaired) electrons. The maximum Gasteiger partial charge on any atom is 0.336 e. The molecule has 1 aromatic heterocycles. The van der Waals surface area contributed by atoms with Crippen LogP contribution in [0.2, 0.25) is 10.0 Å². The number of halogens is 2. The molecule has 0 aliphatic carbocycles. The molecule has 0 fully saturated rings. The van der Waals surface area contributed by atoms with Crippen molar-refractivity contribution in [3.63, 3.8) is 0 Å². The number of hydrogen-bond acceptors (Lipinski definition) is 4. The van der Waals surface area contributed by atoms with Gasteiger partial charge in [0.1, 0.15) is 0 Å². The molecule has 5 nitrogen and oxygen atoms in total. The van der Waals surface area contributed by atoms with Crippen LogP contribution in [0.3, 0.4) is 0 Å². The highest BCUT2D eigenvalue weighted by molar-refractivity contribution is 6.42. The lowest BCUT2D eigenvalue weighted by Gasteiger charge is -2.30. The summed E-state index contributed by atoms with van der Waals surface area (Å²) in [5.41, 5.74) is 2.42. The Morgan fingerprint density at radius 2 is 2.04 bits per heavy atom. The van der Waals surface area contributed by atoms with Gasteiger partial charge in [-0.05, 0) is 31.5 Å². The van der Waals surface area contributed by atoms with Crippen LogP contribution < -0.4 is 10.9 Å². The lowest BCUT2D eigenvalue weighted by atomic mass is 9.81. The molecule has 0 saturated heterocycles. The molecule has 0 spiro atoms. The van der Waals surface area contributed by atoms with Crippen LogP contribution in [0.5, 0.6) is 0 Å². The lowest BCUT2D eigenvalue weighted by molar-refractivity contribution is -0.138. The van der Waals surface area contributed by atoms with E-state index in [1.54, 1.807) is 51.4 Å². The van der Waals surface area contributed by atoms with Crippen molar-refractivity contribution in [1.29, 1.82) is 0 Å². The minimum atomic E-state index is -0.670. The summed E-state index contributed by atoms with van der Waals surface area (Å²) in [7, 11) is 1.66. The van der Waals surface area contributed by atoms with Crippen LogP contribution in [-0.2, 0) is 16.6 Å². The minimum Gasteiger partial charge on any atom is -0.463 e. The van der Waals surface area contributed by atoms with E-state index in [0.717, 1.165) is 0 Å². The number of esters is 1. The van der Waals surface area contributed by atoms with Gasteiger partial charge in [-0.2, -0.15) is 0 Å². The topological polar surface area (TPSA) is 60.3 Å². The Kier molecular flexibility index (Phi) is 5.12. The van der Waals surface area contributed by atoms with E-state index in [-0.39, 0.29) is 12.2 Å². The number of benzene rings is 1. The number of fused-ring (bicyclic) bond motifs is 1. The fourth-order valence-electron chi connectivity index (χ4n) is 3.20. The molecule has 1 unspecified atom stereocenters. The Balaban J connectivity index is 2.35. The van der Waals surface area contributed by atoms with Gasteiger partial charge in [-0.3, -0.25) is 4.79 Å². The lowest BCUT2D eigenvalue weighted by Crippen LogP contribution is -2.32. The van der Waals surface area contributed by atoms with Crippen LogP contribution in [0.4, 0.5) is 5.69 Å². The second kappa shape index (κ2) is 7.17. The molecule has 0 amide bonds. The maximum absolute atomic E-state index is 12.9. The zero-order chi connectivity index (χ0) is 19.0. The van der Waals surface area contributed by atoms with E-state index in [4.69, 9.17) is 27.9 Å². The molecule has 7 heteroatoms. The van der Waals surface area contributed by atoms with Crippen LogP contribution in [0, 0.1) is 0 Å². The molecule has 1 N–H and O–H groups in total. The van der Waals surface area contributed by atoms with Crippen LogP contribution in [0.15, 0.2) is 46.5 Å². The van der Waals surface area contributed by atoms with E-state index < -0.39 is 11.9 Å². The van der Waals surface area contributed by atoms with Gasteiger partial charge in [0.15, 0.2) is 0 Å². The molecule has 136 valence electrons. The average Bonchev–Trinajstić information content (AvgIpc) is 2.60. The smallest absolute Gasteiger partial charge is 0.336 e. The Bertz CT molecular complexity index is 979. The molecule has 26 heavy (non-hydrogen) atoms. The van der Waals surface area contributed by atoms with Crippen molar-refractivity contribution in [2.24, 2.45) is 7.05 Å². The van der Waals surface area contributed by atoms with Crippen molar-refractivity contribution >= 4 is 34.9 Å². The molecule has 2 heterocycles. The minimum absolute atomic E-state index is 0.217. The second-order valence-electron chi connectivity index (χ2n) is 6.02. The summed E-state index contributed by atoms with van der Waals surface area (Å²) >= 11 is 12.6. The number of aromatic nitrogens is 1. The van der Waals surface area contributed by atoms with E-state index in [1.807, 2.05) is 0 Å². The number of rotatable bonds is 3. The Morgan fingerprint density at radius 3 is 2.73 bits per heavy atom. The van der Waals surface area contributed by atoms with Crippen molar-refractivity contribution < 1.29 is 9.53 Å². The molecule has 1 aromatic carbocycles. The largest absolute Gasteiger partial charge is 0.463 e. The number of allylic oxidation sites excluding steroid dienone is 1. The summed E-state index contributed by atoms with van der Waals surface area (Å²) in [6.45, 7) is 3.74. The highest BCUT2D eigenvalue weighted by atomic mass is 35.5. The zero-order valence-electron chi connectivity index (χ0n) is 14.6. The SMILES string of the molecule is CCOC(=O)C1=C(C)Nc2ccn(C)c(=O)c2C1c1cccc(Cl)c1Cl. The van der Waals surface area contributed by atoms with Gasteiger partial charge in [0, 0.05) is 24.6 Å². The molecular formula is C19H18Cl2N2O3. The highest BCUT2D eigenvalue weighted by Gasteiger charge is 2.36. The number of anilines is 1. The van der Waals surface area contributed by atoms with Crippen molar-refractivity contribution in [1.82, 2.24) is 4.57 Å². The first-order valence-electron chi connectivity index (χ1n) is 8.15. The number of carbonyl (C=O) groups excluding carboxylic acids is 1. The predicted molar refractivity (Wildman–Crippen MR) is 103 cm³/mol. The predicted octanol–water partition coefficient (Wildman–Crippen LogP) is 4.09. The van der Waals surface area contributed by atoms with Crippen molar-refractivity contribution in [2.75, 3.05) is 11.9 Å². The van der Waals surface area contributed by atoms with Crippen molar-refractivity contribution in [3.05, 3.63) is 73.3 Å². The van der Waals surface area contributed by atoms with Crippen LogP contribution >= 0.6 is 23.2 Å². The Morgan fingerprint density at radius 1 is 1.31 bits per heavy atom. The Labute approximate surface area is 161 Å². The summed E-state index contributed by atoms with van der Waals surface area (Å²) in [6, 6.07) is 6.98. The van der Waals surface area contributed by atoms with E-state index in [1.165, 1.54) is 4.57 Å². The molecule has 0 saturated carbocycles. The van der Waals surface area contributed by atoms with Crippen molar-refractivity contribution in [2.45, 2.75) is 19.8 Å². The van der Waals surface area contributed by atoms with Gasteiger partial charge >= 0.3 is 5.97 Å². The number of ether oxygens (including phenoxy) is 1. The molecule has 1 aliphatic rings. The van der Waals surface area contributed by atoms with Gasteiger partial charge in [-0.1, -0.05) is 35.3 Å². The standard InChI is InChI=1S/C19H18Cl2N2O3/c1-4-26-19(25)14-10(2)22-13-8-9-23(3)18(24)16(13)15(14)11-6-5-7-12(20)17(11)21/h5-9,15,22H,4H2,1-3H3. The fourth-order valence-corrected chi connectivity index (χ4v) is 3.62. The van der Waals surface area contributed by atoms with Gasteiger partial charge in [-0.15, -0.1) is 0 Å². The third-order valence-electron chi connectivity index (χ3n) is 4.40. The van der Waals surface area contributed by atoms with Crippen molar-refractivity contribution in [3.8, 4) is 0 Å². The summed E-state index contributed by atoms with van der Waals surface area (Å²) in [6.07, 6.45) is 1.67. The van der Waals surface area contributed by atoms with Crippen LogP contribution in [0.1, 0.15) is 30.9 Å². The van der Waals surface area contributed by atoms with Gasteiger partial charge in [-0.25, -0.2) is 4.79 Å². The van der Waals surface area contributed by atoms with Gasteiger partial charge in [0.05, 0.1) is 33.7 Å². The van der Waals surface area contributed by atoms with Gasteiger partial charge < -0.3 is 14.6 Å². The van der Waals surface area contributed by atoms with Gasteiger partial charge in [0.2, 0.25) is 0 Å². The monoisotopic (exact) mass is 392 g/mol. The van der Waals surface area contributed by atoms with E-state index in [2.05, 4.69) is 5.32 Å². The normalized spacial score (nSPS) is 16.1. The molecule has 2 aromatic rings. The third-order valence-corrected chi connectivity index (χ3v) is 5.23. The molecule has 1 atom stereocenters. The zero-order valence-corrected chi connectivity index (χ0v) is 16.1. The number of pyridine rings is 1. The average molecular weight is 393 g/mol. The van der Waals surface area contributed by atoms with E-state index in [9.17, 15) is 9.59 Å². The number of carbonyl (C=O) groups is 1. The molecular weight excluding hydrogens is 375 g/mol. The maximum atomic E-state index is 12.9. The Hall–Kier alpha value is -2.24. The second-order valence-corrected chi connectivity index (χ2v) is 6.80. The molecule has 1 aliphatic heterocycles. The number of hydrogen-bond donors (Lipinski definition) is 1. The highest BCUT2D eigenvalue weighted by Crippen LogP contribution is 2.44. The number of nitrogens with zero attached hydrogens (tertiary/aromatic N) is 1. The van der Waals surface area contributed by atoms with Crippen LogP contribution in [0.25, 0.3) is 0 Å². The summed E-state index contributed by atoms with van der Waals surface area (Å²) < 4.78 is 6.70. The summed E-state index contributed by atoms with van der Waals surface area (Å²) in [5, 5.41) is 3.81. The first-order chi connectivity index (χ1) is 12.4. The third kappa shape index (κ3) is 3.02. The number of nitrogens with one attached hydrogen (secondary N) is 1. The fraction of sp³-hybridized carbons (Fsp3) is 0.263. The first-order valence-corrected chi connectivity index (χ1v) is 8.90. The van der Waals surface area contributed by atoms with E-state index >= 15 is 0 Å². The van der Waals surface area contributed by atoms with E-state index in [0.29, 0.717) is 38.1 Å². The first kappa shape index (κ1) is 18.5. The summed E-state index contributed by atoms with van der Waals surface area (Å²) in [4.78, 5) is 25.6. The summed E-state index contributed by atoms with van der Waals surface area (Å²) in [5.74, 6) is -1.16. The molecule has 3 rings (SSSR count). The molecule has 0 bridgehead atoms. The van der Waals surface area contributed by atoms with Crippen LogP contribution in [-0.4, -0.2) is 17.1 Å². The quantitative estimate of drug-likeness (QED) is 0.799. The van der Waals surface area contributed by atoms with Gasteiger partial charge in [0.25, 0.3) is 5.56 Å².